The van der Waals surface area contributed by atoms with Gasteiger partial charge in [-0.2, -0.15) is 13.2 Å². The Bertz CT molecular complexity index is 1340. The van der Waals surface area contributed by atoms with Gasteiger partial charge in [0.25, 0.3) is 0 Å². The molecule has 14 heteroatoms. The number of hydrogen-bond donors (Lipinski definition) is 2. The average Bonchev–Trinajstić information content (AvgIpc) is 3.09. The van der Waals surface area contributed by atoms with E-state index >= 15 is 0 Å². The van der Waals surface area contributed by atoms with E-state index in [1.807, 2.05) is 0 Å². The van der Waals surface area contributed by atoms with Crippen molar-refractivity contribution in [3.8, 4) is 11.4 Å². The molecule has 0 radical (unpaired) electrons. The van der Waals surface area contributed by atoms with Crippen LogP contribution in [0, 0.1) is 6.92 Å². The summed E-state index contributed by atoms with van der Waals surface area (Å²) in [7, 11) is -2.16. The smallest absolute Gasteiger partial charge is 0.416 e. The van der Waals surface area contributed by atoms with E-state index in [1.165, 1.54) is 51.2 Å². The molecule has 0 aliphatic rings. The van der Waals surface area contributed by atoms with Crippen molar-refractivity contribution in [1.29, 1.82) is 0 Å². The molecule has 1 atom stereocenters. The standard InChI is InChI=1S/C20H21F3N6O4S/c1-11-15(26-34(4,32)33)9-10-16(24-11)17-18(28(3)27-25-17)29(19(30)31)12(2)13-7-5-6-8-14(13)20(21,22)23/h5-10,12,26H,1-4H3,(H,30,31). The molecule has 0 saturated carbocycles. The van der Waals surface area contributed by atoms with Crippen LogP contribution in [0.2, 0.25) is 0 Å². The minimum absolute atomic E-state index is 0.00440. The quantitative estimate of drug-likeness (QED) is 0.528. The van der Waals surface area contributed by atoms with Crippen molar-refractivity contribution in [2.45, 2.75) is 26.1 Å². The van der Waals surface area contributed by atoms with Crippen LogP contribution in [-0.4, -0.2) is 45.9 Å². The van der Waals surface area contributed by atoms with Gasteiger partial charge in [-0.25, -0.2) is 22.9 Å². The number of aryl methyl sites for hydroxylation is 2. The largest absolute Gasteiger partial charge is 0.465 e. The third-order valence-electron chi connectivity index (χ3n) is 4.96. The van der Waals surface area contributed by atoms with Crippen LogP contribution in [0.5, 0.6) is 0 Å². The Morgan fingerprint density at radius 2 is 1.85 bits per heavy atom. The zero-order valence-corrected chi connectivity index (χ0v) is 19.3. The van der Waals surface area contributed by atoms with Crippen LogP contribution in [0.15, 0.2) is 36.4 Å². The van der Waals surface area contributed by atoms with E-state index in [0.29, 0.717) is 0 Å². The molecule has 10 nitrogen and oxygen atoms in total. The maximum absolute atomic E-state index is 13.6. The van der Waals surface area contributed by atoms with E-state index in [0.717, 1.165) is 21.9 Å². The predicted octanol–water partition coefficient (Wildman–Crippen LogP) is 3.82. The maximum Gasteiger partial charge on any atom is 0.416 e. The van der Waals surface area contributed by atoms with E-state index in [9.17, 15) is 31.5 Å². The molecule has 0 spiro atoms. The van der Waals surface area contributed by atoms with E-state index in [-0.39, 0.29) is 34.2 Å². The van der Waals surface area contributed by atoms with Crippen molar-refractivity contribution in [1.82, 2.24) is 20.0 Å². The third kappa shape index (κ3) is 5.11. The van der Waals surface area contributed by atoms with E-state index < -0.39 is 33.9 Å². The first-order valence-corrected chi connectivity index (χ1v) is 11.6. The molecule has 182 valence electrons. The zero-order valence-electron chi connectivity index (χ0n) is 18.5. The number of hydrogen-bond acceptors (Lipinski definition) is 6. The van der Waals surface area contributed by atoms with E-state index in [1.54, 1.807) is 0 Å². The van der Waals surface area contributed by atoms with Crippen LogP contribution in [0.1, 0.15) is 29.8 Å². The number of nitrogens with one attached hydrogen (secondary N) is 1. The zero-order chi connectivity index (χ0) is 25.4. The number of nitrogens with zero attached hydrogens (tertiary/aromatic N) is 5. The van der Waals surface area contributed by atoms with E-state index in [4.69, 9.17) is 0 Å². The lowest BCUT2D eigenvalue weighted by Gasteiger charge is -2.28. The fourth-order valence-electron chi connectivity index (χ4n) is 3.49. The molecule has 0 bridgehead atoms. The average molecular weight is 498 g/mol. The Balaban J connectivity index is 2.13. The molecule has 34 heavy (non-hydrogen) atoms. The second kappa shape index (κ2) is 8.93. The first-order chi connectivity index (χ1) is 15.7. The second-order valence-electron chi connectivity index (χ2n) is 7.50. The lowest BCUT2D eigenvalue weighted by atomic mass is 9.99. The lowest BCUT2D eigenvalue weighted by molar-refractivity contribution is -0.138. The predicted molar refractivity (Wildman–Crippen MR) is 118 cm³/mol. The van der Waals surface area contributed by atoms with Crippen molar-refractivity contribution in [2.24, 2.45) is 7.05 Å². The van der Waals surface area contributed by atoms with Crippen molar-refractivity contribution in [2.75, 3.05) is 15.9 Å². The summed E-state index contributed by atoms with van der Waals surface area (Å²) in [5.74, 6) is -0.104. The summed E-state index contributed by atoms with van der Waals surface area (Å²) in [5, 5.41) is 17.8. The summed E-state index contributed by atoms with van der Waals surface area (Å²) in [5.41, 5.74) is -0.578. The fourth-order valence-corrected chi connectivity index (χ4v) is 4.10. The Morgan fingerprint density at radius 3 is 2.41 bits per heavy atom. The molecule has 1 unspecified atom stereocenters. The van der Waals surface area contributed by atoms with Crippen LogP contribution in [0.3, 0.4) is 0 Å². The molecule has 0 fully saturated rings. The van der Waals surface area contributed by atoms with E-state index in [2.05, 4.69) is 20.0 Å². The highest BCUT2D eigenvalue weighted by molar-refractivity contribution is 7.92. The highest BCUT2D eigenvalue weighted by atomic mass is 32.2. The Labute approximate surface area is 193 Å². The number of carboxylic acid groups (broad SMARTS) is 1. The molecule has 0 aliphatic carbocycles. The summed E-state index contributed by atoms with van der Waals surface area (Å²) in [4.78, 5) is 17.3. The van der Waals surface area contributed by atoms with Crippen LogP contribution in [0.25, 0.3) is 11.4 Å². The van der Waals surface area contributed by atoms with Crippen molar-refractivity contribution in [3.63, 3.8) is 0 Å². The number of aromatic nitrogens is 4. The SMILES string of the molecule is Cc1nc(-c2nnn(C)c2N(C(=O)O)C(C)c2ccccc2C(F)(F)F)ccc1NS(C)(=O)=O. The second-order valence-corrected chi connectivity index (χ2v) is 9.25. The van der Waals surface area contributed by atoms with Crippen LogP contribution in [0.4, 0.5) is 29.5 Å². The highest BCUT2D eigenvalue weighted by Gasteiger charge is 2.38. The Kier molecular flexibility index (Phi) is 6.55. The number of carbonyl (C=O) groups is 1. The normalized spacial score (nSPS) is 12.9. The van der Waals surface area contributed by atoms with Gasteiger partial charge in [-0.3, -0.25) is 9.62 Å². The first kappa shape index (κ1) is 25.0. The number of amides is 1. The molecule has 0 aliphatic heterocycles. The molecule has 2 heterocycles. The number of halogens is 3. The van der Waals surface area contributed by atoms with Gasteiger partial charge in [-0.05, 0) is 37.6 Å². The van der Waals surface area contributed by atoms with Gasteiger partial charge in [0, 0.05) is 7.05 Å². The monoisotopic (exact) mass is 498 g/mol. The van der Waals surface area contributed by atoms with Gasteiger partial charge in [-0.15, -0.1) is 5.10 Å². The molecule has 3 rings (SSSR count). The fraction of sp³-hybridized carbons (Fsp3) is 0.300. The number of benzene rings is 1. The summed E-state index contributed by atoms with van der Waals surface area (Å²) in [6.07, 6.45) is -5.24. The molecule has 1 amide bonds. The number of rotatable bonds is 6. The number of pyridine rings is 1. The van der Waals surface area contributed by atoms with Crippen molar-refractivity contribution < 1.29 is 31.5 Å². The van der Waals surface area contributed by atoms with Gasteiger partial charge < -0.3 is 5.11 Å². The molecular weight excluding hydrogens is 477 g/mol. The van der Waals surface area contributed by atoms with Crippen LogP contribution < -0.4 is 9.62 Å². The molecular formula is C20H21F3N6O4S. The van der Waals surface area contributed by atoms with Gasteiger partial charge in [0.05, 0.1) is 34.9 Å². The van der Waals surface area contributed by atoms with Crippen molar-refractivity contribution >= 4 is 27.6 Å². The van der Waals surface area contributed by atoms with Gasteiger partial charge in [0.1, 0.15) is 0 Å². The number of alkyl halides is 3. The molecule has 2 N–H and O–H groups in total. The molecule has 0 saturated heterocycles. The van der Waals surface area contributed by atoms with Gasteiger partial charge in [0.15, 0.2) is 11.5 Å². The molecule has 3 aromatic rings. The summed E-state index contributed by atoms with van der Waals surface area (Å²) in [6.45, 7) is 2.86. The van der Waals surface area contributed by atoms with Gasteiger partial charge in [0.2, 0.25) is 10.0 Å². The van der Waals surface area contributed by atoms with Crippen molar-refractivity contribution in [3.05, 3.63) is 53.2 Å². The lowest BCUT2D eigenvalue weighted by Crippen LogP contribution is -2.35. The number of sulfonamides is 1. The maximum atomic E-state index is 13.6. The minimum atomic E-state index is -4.69. The molecule has 2 aromatic heterocycles. The third-order valence-corrected chi connectivity index (χ3v) is 5.55. The topological polar surface area (TPSA) is 130 Å². The summed E-state index contributed by atoms with van der Waals surface area (Å²) in [6, 6.07) is 6.27. The van der Waals surface area contributed by atoms with Crippen LogP contribution in [-0.2, 0) is 23.2 Å². The minimum Gasteiger partial charge on any atom is -0.465 e. The summed E-state index contributed by atoms with van der Waals surface area (Å²) >= 11 is 0. The Hall–Kier alpha value is -3.68. The highest BCUT2D eigenvalue weighted by Crippen LogP contribution is 2.39. The van der Waals surface area contributed by atoms with Crippen LogP contribution >= 0.6 is 0 Å². The summed E-state index contributed by atoms with van der Waals surface area (Å²) < 4.78 is 67.2. The Morgan fingerprint density at radius 1 is 1.21 bits per heavy atom. The molecule has 1 aromatic carbocycles. The van der Waals surface area contributed by atoms with Gasteiger partial charge >= 0.3 is 12.3 Å². The number of anilines is 2. The first-order valence-electron chi connectivity index (χ1n) is 9.74. The van der Waals surface area contributed by atoms with Gasteiger partial charge in [-0.1, -0.05) is 23.4 Å².